The minimum absolute atomic E-state index is 0.419. The smallest absolute Gasteiger partial charge is 0.133 e. The second-order valence-corrected chi connectivity index (χ2v) is 5.27. The number of halogens is 1. The fourth-order valence-corrected chi connectivity index (χ4v) is 2.67. The summed E-state index contributed by atoms with van der Waals surface area (Å²) in [6.45, 7) is 6.96. The fourth-order valence-electron chi connectivity index (χ4n) is 2.26. The Morgan fingerprint density at radius 3 is 2.67 bits per heavy atom. The number of rotatable bonds is 4. The number of nitrogens with zero attached hydrogens (tertiary/aromatic N) is 3. The lowest BCUT2D eigenvalue weighted by atomic mass is 10.1. The highest BCUT2D eigenvalue weighted by Gasteiger charge is 2.20. The van der Waals surface area contributed by atoms with Gasteiger partial charge >= 0.3 is 0 Å². The Labute approximate surface area is 117 Å². The minimum Gasteiger partial charge on any atom is -0.378 e. The highest BCUT2D eigenvalue weighted by atomic mass is 79.9. The van der Waals surface area contributed by atoms with Crippen LogP contribution in [0.3, 0.4) is 0 Å². The number of piperidine rings is 1. The van der Waals surface area contributed by atoms with Gasteiger partial charge in [-0.25, -0.2) is 9.97 Å². The van der Waals surface area contributed by atoms with E-state index in [4.69, 9.17) is 4.74 Å². The van der Waals surface area contributed by atoms with E-state index in [2.05, 4.69) is 44.6 Å². The van der Waals surface area contributed by atoms with Gasteiger partial charge in [0.2, 0.25) is 0 Å². The molecular weight excluding hydrogens is 294 g/mol. The molecular formula is C13H20BrN3O. The SMILES string of the molecule is CCOC1CCN(c2cc(Br)nc(CC)n2)CC1. The molecule has 1 saturated heterocycles. The van der Waals surface area contributed by atoms with Crippen LogP contribution in [0, 0.1) is 0 Å². The Hall–Kier alpha value is -0.680. The highest BCUT2D eigenvalue weighted by molar-refractivity contribution is 9.10. The van der Waals surface area contributed by atoms with Crippen molar-refractivity contribution in [2.24, 2.45) is 0 Å². The second-order valence-electron chi connectivity index (χ2n) is 4.46. The standard InChI is InChI=1S/C13H20BrN3O/c1-3-12-15-11(14)9-13(16-12)17-7-5-10(6-8-17)18-4-2/h9-10H,3-8H2,1-2H3. The normalized spacial score (nSPS) is 17.2. The van der Waals surface area contributed by atoms with E-state index in [1.54, 1.807) is 0 Å². The molecule has 0 aliphatic carbocycles. The average molecular weight is 314 g/mol. The molecule has 0 aromatic carbocycles. The zero-order chi connectivity index (χ0) is 13.0. The van der Waals surface area contributed by atoms with Gasteiger partial charge in [-0.3, -0.25) is 0 Å². The van der Waals surface area contributed by atoms with E-state index < -0.39 is 0 Å². The maximum atomic E-state index is 5.67. The molecule has 0 radical (unpaired) electrons. The van der Waals surface area contributed by atoms with Gasteiger partial charge in [0.05, 0.1) is 6.10 Å². The van der Waals surface area contributed by atoms with E-state index in [-0.39, 0.29) is 0 Å². The summed E-state index contributed by atoms with van der Waals surface area (Å²) in [6, 6.07) is 2.00. The molecule has 1 aliphatic heterocycles. The largest absolute Gasteiger partial charge is 0.378 e. The second kappa shape index (κ2) is 6.48. The van der Waals surface area contributed by atoms with Gasteiger partial charge in [0.1, 0.15) is 16.2 Å². The molecule has 2 rings (SSSR count). The van der Waals surface area contributed by atoms with Gasteiger partial charge in [-0.2, -0.15) is 0 Å². The van der Waals surface area contributed by atoms with Crippen LogP contribution in [0.15, 0.2) is 10.7 Å². The van der Waals surface area contributed by atoms with Crippen molar-refractivity contribution < 1.29 is 4.74 Å². The Kier molecular flexibility index (Phi) is 4.95. The van der Waals surface area contributed by atoms with Crippen LogP contribution in [0.25, 0.3) is 0 Å². The molecule has 0 bridgehead atoms. The molecule has 1 aromatic rings. The summed E-state index contributed by atoms with van der Waals surface area (Å²) in [4.78, 5) is 11.3. The van der Waals surface area contributed by atoms with E-state index in [1.807, 2.05) is 6.07 Å². The van der Waals surface area contributed by atoms with Crippen LogP contribution in [0.1, 0.15) is 32.5 Å². The molecule has 1 aromatic heterocycles. The summed E-state index contributed by atoms with van der Waals surface area (Å²) in [7, 11) is 0. The maximum Gasteiger partial charge on any atom is 0.133 e. The highest BCUT2D eigenvalue weighted by Crippen LogP contribution is 2.22. The van der Waals surface area contributed by atoms with Crippen molar-refractivity contribution in [2.75, 3.05) is 24.6 Å². The Morgan fingerprint density at radius 1 is 1.33 bits per heavy atom. The molecule has 1 aliphatic rings. The van der Waals surface area contributed by atoms with Crippen molar-refractivity contribution in [2.45, 2.75) is 39.2 Å². The van der Waals surface area contributed by atoms with Crippen LogP contribution < -0.4 is 4.90 Å². The number of hydrogen-bond acceptors (Lipinski definition) is 4. The predicted octanol–water partition coefficient (Wildman–Crippen LogP) is 2.81. The van der Waals surface area contributed by atoms with Crippen LogP contribution in [0.2, 0.25) is 0 Å². The van der Waals surface area contributed by atoms with Crippen LogP contribution in [-0.4, -0.2) is 35.8 Å². The Morgan fingerprint density at radius 2 is 2.06 bits per heavy atom. The first kappa shape index (κ1) is 13.7. The van der Waals surface area contributed by atoms with Crippen molar-refractivity contribution >= 4 is 21.7 Å². The molecule has 1 fully saturated rings. The molecule has 0 saturated carbocycles. The maximum absolute atomic E-state index is 5.67. The van der Waals surface area contributed by atoms with Gasteiger partial charge in [-0.05, 0) is 35.7 Å². The van der Waals surface area contributed by atoms with Gasteiger partial charge < -0.3 is 9.64 Å². The summed E-state index contributed by atoms with van der Waals surface area (Å²) in [5, 5.41) is 0. The van der Waals surface area contributed by atoms with Gasteiger partial charge in [0, 0.05) is 32.2 Å². The van der Waals surface area contributed by atoms with Crippen molar-refractivity contribution in [3.63, 3.8) is 0 Å². The first-order chi connectivity index (χ1) is 8.72. The van der Waals surface area contributed by atoms with Gasteiger partial charge in [-0.15, -0.1) is 0 Å². The molecule has 0 spiro atoms. The monoisotopic (exact) mass is 313 g/mol. The van der Waals surface area contributed by atoms with Crippen LogP contribution in [0.5, 0.6) is 0 Å². The summed E-state index contributed by atoms with van der Waals surface area (Å²) in [5.41, 5.74) is 0. The zero-order valence-corrected chi connectivity index (χ0v) is 12.6. The third-order valence-electron chi connectivity index (χ3n) is 3.21. The molecule has 0 atom stereocenters. The summed E-state index contributed by atoms with van der Waals surface area (Å²) in [6.07, 6.45) is 3.44. The molecule has 0 unspecified atom stereocenters. The molecule has 100 valence electrons. The van der Waals surface area contributed by atoms with Gasteiger partial charge in [0.15, 0.2) is 0 Å². The Balaban J connectivity index is 2.02. The van der Waals surface area contributed by atoms with Crippen LogP contribution in [-0.2, 0) is 11.2 Å². The first-order valence-corrected chi connectivity index (χ1v) is 7.42. The molecule has 0 N–H and O–H groups in total. The van der Waals surface area contributed by atoms with E-state index in [9.17, 15) is 0 Å². The summed E-state index contributed by atoms with van der Waals surface area (Å²) >= 11 is 3.45. The minimum atomic E-state index is 0.419. The van der Waals surface area contributed by atoms with Gasteiger partial charge in [0.25, 0.3) is 0 Å². The Bertz CT molecular complexity index is 392. The third-order valence-corrected chi connectivity index (χ3v) is 3.62. The lowest BCUT2D eigenvalue weighted by molar-refractivity contribution is 0.0458. The van der Waals surface area contributed by atoms with Crippen molar-refractivity contribution in [1.29, 1.82) is 0 Å². The number of ether oxygens (including phenoxy) is 1. The number of hydrogen-bond donors (Lipinski definition) is 0. The van der Waals surface area contributed by atoms with Crippen molar-refractivity contribution in [1.82, 2.24) is 9.97 Å². The molecule has 5 heteroatoms. The summed E-state index contributed by atoms with van der Waals surface area (Å²) in [5.74, 6) is 1.93. The number of aryl methyl sites for hydroxylation is 1. The molecule has 4 nitrogen and oxygen atoms in total. The summed E-state index contributed by atoms with van der Waals surface area (Å²) < 4.78 is 6.54. The third kappa shape index (κ3) is 3.42. The lowest BCUT2D eigenvalue weighted by Gasteiger charge is -2.32. The zero-order valence-electron chi connectivity index (χ0n) is 11.0. The van der Waals surface area contributed by atoms with E-state index in [1.165, 1.54) is 0 Å². The predicted molar refractivity (Wildman–Crippen MR) is 76.0 cm³/mol. The van der Waals surface area contributed by atoms with E-state index in [0.717, 1.165) is 55.2 Å². The van der Waals surface area contributed by atoms with Gasteiger partial charge in [-0.1, -0.05) is 6.92 Å². The van der Waals surface area contributed by atoms with Crippen LogP contribution in [0.4, 0.5) is 5.82 Å². The van der Waals surface area contributed by atoms with Crippen LogP contribution >= 0.6 is 15.9 Å². The van der Waals surface area contributed by atoms with E-state index in [0.29, 0.717) is 6.10 Å². The first-order valence-electron chi connectivity index (χ1n) is 6.63. The van der Waals surface area contributed by atoms with Crippen molar-refractivity contribution in [3.05, 3.63) is 16.5 Å². The van der Waals surface area contributed by atoms with E-state index >= 15 is 0 Å². The molecule has 18 heavy (non-hydrogen) atoms. The molecule has 2 heterocycles. The quantitative estimate of drug-likeness (QED) is 0.801. The number of aromatic nitrogens is 2. The topological polar surface area (TPSA) is 38.2 Å². The lowest BCUT2D eigenvalue weighted by Crippen LogP contribution is -2.37. The number of anilines is 1. The average Bonchev–Trinajstić information content (AvgIpc) is 2.39. The fraction of sp³-hybridized carbons (Fsp3) is 0.692. The molecule has 0 amide bonds. The van der Waals surface area contributed by atoms with Crippen molar-refractivity contribution in [3.8, 4) is 0 Å².